The quantitative estimate of drug-likeness (QED) is 0.118. The van der Waals surface area contributed by atoms with Crippen LogP contribution in [0.25, 0.3) is 98.0 Å². The van der Waals surface area contributed by atoms with Gasteiger partial charge in [-0.15, -0.1) is 0 Å². The summed E-state index contributed by atoms with van der Waals surface area (Å²) < 4.78 is 5.19. The zero-order chi connectivity index (χ0) is 29.2. The molecule has 0 atom stereocenters. The molecule has 0 saturated carbocycles. The number of hydrogen-bond donors (Lipinski definition) is 0. The first-order chi connectivity index (χ1) is 21.5. The van der Waals surface area contributed by atoms with Gasteiger partial charge in [0.15, 0.2) is 0 Å². The number of para-hydroxylation sites is 4. The summed E-state index contributed by atoms with van der Waals surface area (Å²) in [7, 11) is 0. The predicted octanol–water partition coefficient (Wildman–Crippen LogP) is 8.77. The molecule has 0 fully saturated rings. The van der Waals surface area contributed by atoms with E-state index in [1.807, 2.05) is 60.7 Å². The van der Waals surface area contributed by atoms with E-state index in [0.29, 0.717) is 22.1 Å². The highest BCUT2D eigenvalue weighted by molar-refractivity contribution is 9.11. The minimum atomic E-state index is -0.0951. The van der Waals surface area contributed by atoms with Crippen LogP contribution in [0.2, 0.25) is 0 Å². The second kappa shape index (κ2) is 7.59. The molecule has 44 heavy (non-hydrogen) atoms. The van der Waals surface area contributed by atoms with E-state index in [2.05, 4.69) is 56.1 Å². The van der Waals surface area contributed by atoms with E-state index in [0.717, 1.165) is 84.9 Å². The lowest BCUT2D eigenvalue weighted by Crippen LogP contribution is -2.14. The molecule has 8 heteroatoms. The van der Waals surface area contributed by atoms with Crippen LogP contribution >= 0.6 is 31.9 Å². The Morgan fingerprint density at radius 2 is 0.909 bits per heavy atom. The van der Waals surface area contributed by atoms with Crippen molar-refractivity contribution < 1.29 is 0 Å². The maximum Gasteiger partial charge on any atom is 0.264 e. The summed E-state index contributed by atoms with van der Waals surface area (Å²) in [6, 6.07) is 27.8. The first-order valence-corrected chi connectivity index (χ1v) is 15.7. The minimum Gasteiger partial charge on any atom is -0.268 e. The normalized spacial score (nSPS) is 13.0. The van der Waals surface area contributed by atoms with E-state index < -0.39 is 0 Å². The van der Waals surface area contributed by atoms with Gasteiger partial charge >= 0.3 is 0 Å². The molecule has 0 bridgehead atoms. The number of imidazole rings is 2. The number of rotatable bonds is 0. The third-order valence-electron chi connectivity index (χ3n) is 9.48. The summed E-state index contributed by atoms with van der Waals surface area (Å²) in [6.45, 7) is 0. The molecule has 0 aliphatic rings. The Labute approximate surface area is 262 Å². The average Bonchev–Trinajstić information content (AvgIpc) is 3.62. The van der Waals surface area contributed by atoms with Gasteiger partial charge in [-0.25, -0.2) is 9.97 Å². The van der Waals surface area contributed by atoms with Crippen molar-refractivity contribution in [1.29, 1.82) is 0 Å². The van der Waals surface area contributed by atoms with Crippen LogP contribution < -0.4 is 11.1 Å². The number of halogens is 2. The Bertz CT molecular complexity index is 3220. The number of hydrogen-bond acceptors (Lipinski definition) is 4. The van der Waals surface area contributed by atoms with Gasteiger partial charge in [-0.1, -0.05) is 68.3 Å². The van der Waals surface area contributed by atoms with Gasteiger partial charge in [0.25, 0.3) is 11.1 Å². The van der Waals surface area contributed by atoms with Crippen molar-refractivity contribution in [2.45, 2.75) is 0 Å². The molecule has 11 rings (SSSR count). The summed E-state index contributed by atoms with van der Waals surface area (Å²) in [5.74, 6) is 0. The second-order valence-corrected chi connectivity index (χ2v) is 13.2. The lowest BCUT2D eigenvalue weighted by atomic mass is 9.86. The smallest absolute Gasteiger partial charge is 0.264 e. The van der Waals surface area contributed by atoms with Crippen LogP contribution in [-0.2, 0) is 0 Å². The van der Waals surface area contributed by atoms with Gasteiger partial charge in [-0.2, -0.15) is 0 Å². The molecule has 0 unspecified atom stereocenters. The Morgan fingerprint density at radius 1 is 0.455 bits per heavy atom. The van der Waals surface area contributed by atoms with Crippen LogP contribution in [-0.4, -0.2) is 18.8 Å². The summed E-state index contributed by atoms with van der Waals surface area (Å²) in [6.07, 6.45) is 0. The van der Waals surface area contributed by atoms with Gasteiger partial charge in [0.05, 0.1) is 27.5 Å². The highest BCUT2D eigenvalue weighted by atomic mass is 79.9. The van der Waals surface area contributed by atoms with E-state index in [-0.39, 0.29) is 11.1 Å². The van der Waals surface area contributed by atoms with E-state index in [4.69, 9.17) is 9.97 Å². The predicted molar refractivity (Wildman–Crippen MR) is 185 cm³/mol. The number of fused-ring (bicyclic) bond motifs is 10. The van der Waals surface area contributed by atoms with Gasteiger partial charge in [-0.3, -0.25) is 18.4 Å². The van der Waals surface area contributed by atoms with Gasteiger partial charge in [0.1, 0.15) is 11.3 Å². The summed E-state index contributed by atoms with van der Waals surface area (Å²) in [5.41, 5.74) is 4.29. The van der Waals surface area contributed by atoms with Crippen molar-refractivity contribution in [1.82, 2.24) is 18.8 Å². The molecular formula is C36H14Br2N4O2. The maximum absolute atomic E-state index is 14.2. The molecule has 11 aromatic rings. The molecule has 7 aromatic carbocycles. The molecule has 6 nitrogen and oxygen atoms in total. The van der Waals surface area contributed by atoms with Crippen molar-refractivity contribution in [3.8, 4) is 0 Å². The third-order valence-corrected chi connectivity index (χ3v) is 10.7. The van der Waals surface area contributed by atoms with E-state index >= 15 is 0 Å². The van der Waals surface area contributed by atoms with E-state index in [9.17, 15) is 9.59 Å². The van der Waals surface area contributed by atoms with Crippen LogP contribution in [0.5, 0.6) is 0 Å². The zero-order valence-corrected chi connectivity index (χ0v) is 25.6. The van der Waals surface area contributed by atoms with Crippen molar-refractivity contribution in [2.75, 3.05) is 0 Å². The van der Waals surface area contributed by atoms with Crippen molar-refractivity contribution in [2.24, 2.45) is 0 Å². The molecule has 204 valence electrons. The standard InChI is InChI=1S/C36H14Br2N4O2/c37-21-13-19-29-20(36(44)42-26-8-4-2-6-24(26)40-34(19)42)14-22(38)31-15-9-11-17-28-18(12-10-16(27(15)28)30(21)32(29)31)35(43)41-25-7-3-1-5-23(25)39-33(17)41/h1-14H. The molecule has 0 amide bonds. The Balaban J connectivity index is 1.45. The Kier molecular flexibility index (Phi) is 4.06. The van der Waals surface area contributed by atoms with E-state index in [1.165, 1.54) is 0 Å². The monoisotopic (exact) mass is 692 g/mol. The topological polar surface area (TPSA) is 68.7 Å². The van der Waals surface area contributed by atoms with Crippen molar-refractivity contribution >= 4 is 130 Å². The highest BCUT2D eigenvalue weighted by Crippen LogP contribution is 2.50. The molecule has 0 N–H and O–H groups in total. The molecule has 0 spiro atoms. The number of nitrogens with zero attached hydrogens (tertiary/aromatic N) is 4. The van der Waals surface area contributed by atoms with Crippen LogP contribution in [0.4, 0.5) is 0 Å². The maximum atomic E-state index is 14.2. The Hall–Kier alpha value is -4.92. The number of aromatic nitrogens is 4. The van der Waals surface area contributed by atoms with Gasteiger partial charge in [0, 0.05) is 52.0 Å². The van der Waals surface area contributed by atoms with Crippen LogP contribution in [0, 0.1) is 0 Å². The van der Waals surface area contributed by atoms with E-state index in [1.54, 1.807) is 8.80 Å². The molecule has 0 radical (unpaired) electrons. The average molecular weight is 694 g/mol. The van der Waals surface area contributed by atoms with Crippen LogP contribution in [0.1, 0.15) is 0 Å². The zero-order valence-electron chi connectivity index (χ0n) is 22.4. The summed E-state index contributed by atoms with van der Waals surface area (Å²) in [5, 5.41) is 11.0. The summed E-state index contributed by atoms with van der Waals surface area (Å²) >= 11 is 7.84. The second-order valence-electron chi connectivity index (χ2n) is 11.5. The van der Waals surface area contributed by atoms with Gasteiger partial charge in [-0.05, 0) is 64.7 Å². The van der Waals surface area contributed by atoms with Crippen molar-refractivity contribution in [3.05, 3.63) is 115 Å². The van der Waals surface area contributed by atoms with Crippen LogP contribution in [0.3, 0.4) is 0 Å². The molecule has 0 aliphatic heterocycles. The minimum absolute atomic E-state index is 0.0800. The third kappa shape index (κ3) is 2.50. The van der Waals surface area contributed by atoms with Crippen molar-refractivity contribution in [3.63, 3.8) is 0 Å². The van der Waals surface area contributed by atoms with Gasteiger partial charge in [0.2, 0.25) is 0 Å². The molecule has 0 aliphatic carbocycles. The number of pyridine rings is 2. The largest absolute Gasteiger partial charge is 0.268 e. The summed E-state index contributed by atoms with van der Waals surface area (Å²) in [4.78, 5) is 38.1. The fourth-order valence-corrected chi connectivity index (χ4v) is 9.07. The first kappa shape index (κ1) is 23.5. The van der Waals surface area contributed by atoms with Gasteiger partial charge < -0.3 is 0 Å². The highest BCUT2D eigenvalue weighted by Gasteiger charge is 2.26. The number of benzene rings is 7. The fourth-order valence-electron chi connectivity index (χ4n) is 7.78. The fraction of sp³-hybridized carbons (Fsp3) is 0. The molecular weight excluding hydrogens is 680 g/mol. The molecule has 4 heterocycles. The van der Waals surface area contributed by atoms with Crippen LogP contribution in [0.15, 0.2) is 103 Å². The lowest BCUT2D eigenvalue weighted by Gasteiger charge is -2.20. The first-order valence-electron chi connectivity index (χ1n) is 14.2. The molecule has 0 saturated heterocycles. The Morgan fingerprint density at radius 3 is 1.55 bits per heavy atom. The SMILES string of the molecule is O=c1c2ccc3c4c(Br)cc5c6c(cc(Br)c(c7ccc(c2c73)c2nc3ccccc3n12)c46)c(=O)n1c2ccccc2nc51. The molecule has 4 aromatic heterocycles. The lowest BCUT2D eigenvalue weighted by molar-refractivity contribution is 1.19.